The first-order chi connectivity index (χ1) is 21.1. The van der Waals surface area contributed by atoms with E-state index in [9.17, 15) is 0 Å². The molecule has 4 aromatic carbocycles. The molecule has 1 unspecified atom stereocenters. The van der Waals surface area contributed by atoms with E-state index in [2.05, 4.69) is 151 Å². The molecule has 0 N–H and O–H groups in total. The molecule has 210 valence electrons. The van der Waals surface area contributed by atoms with Crippen molar-refractivity contribution in [3.8, 4) is 5.69 Å². The van der Waals surface area contributed by atoms with E-state index in [-0.39, 0.29) is 5.92 Å². The summed E-state index contributed by atoms with van der Waals surface area (Å²) in [6, 6.07) is 29.1. The Morgan fingerprint density at radius 1 is 0.791 bits per heavy atom. The lowest BCUT2D eigenvalue weighted by Crippen LogP contribution is -2.06. The lowest BCUT2D eigenvalue weighted by atomic mass is 10.0. The van der Waals surface area contributed by atoms with Crippen LogP contribution in [0.2, 0.25) is 0 Å². The molecular weight excluding hydrogens is 520 g/mol. The summed E-state index contributed by atoms with van der Waals surface area (Å²) in [4.78, 5) is 0. The molecule has 1 aliphatic rings. The van der Waals surface area contributed by atoms with Gasteiger partial charge in [0.1, 0.15) is 0 Å². The minimum Gasteiger partial charge on any atom is -0.313 e. The van der Waals surface area contributed by atoms with Gasteiger partial charge in [-0.3, -0.25) is 0 Å². The van der Waals surface area contributed by atoms with E-state index in [0.29, 0.717) is 0 Å². The van der Waals surface area contributed by atoms with Gasteiger partial charge in [-0.2, -0.15) is 0 Å². The molecule has 0 saturated carbocycles. The third-order valence-electron chi connectivity index (χ3n) is 8.84. The number of hydrogen-bond donors (Lipinski definition) is 0. The van der Waals surface area contributed by atoms with Crippen molar-refractivity contribution in [2.45, 2.75) is 26.7 Å². The molecule has 7 rings (SSSR count). The summed E-state index contributed by atoms with van der Waals surface area (Å²) in [5, 5.41) is 5.02. The Labute approximate surface area is 253 Å². The largest absolute Gasteiger partial charge is 0.313 e. The number of rotatable bonds is 7. The minimum atomic E-state index is 0.281. The van der Waals surface area contributed by atoms with Gasteiger partial charge in [-0.05, 0) is 61.7 Å². The number of hydrogen-bond acceptors (Lipinski definition) is 0. The van der Waals surface area contributed by atoms with Crippen LogP contribution < -0.4 is 0 Å². The first-order valence-electron chi connectivity index (χ1n) is 15.2. The Hall–Kier alpha value is -5.08. The van der Waals surface area contributed by atoms with Crippen LogP contribution in [-0.2, 0) is 0 Å². The van der Waals surface area contributed by atoms with Crippen molar-refractivity contribution in [1.29, 1.82) is 0 Å². The van der Waals surface area contributed by atoms with Crippen LogP contribution in [0.4, 0.5) is 0 Å². The van der Waals surface area contributed by atoms with Gasteiger partial charge in [0.05, 0.1) is 27.8 Å². The normalized spacial score (nSPS) is 14.5. The molecule has 2 nitrogen and oxygen atoms in total. The minimum absolute atomic E-state index is 0.281. The van der Waals surface area contributed by atoms with Crippen LogP contribution in [0.1, 0.15) is 37.8 Å². The van der Waals surface area contributed by atoms with E-state index < -0.39 is 0 Å². The van der Waals surface area contributed by atoms with Gasteiger partial charge < -0.3 is 9.13 Å². The van der Waals surface area contributed by atoms with Crippen molar-refractivity contribution in [3.63, 3.8) is 0 Å². The predicted octanol–water partition coefficient (Wildman–Crippen LogP) is 11.5. The van der Waals surface area contributed by atoms with Crippen LogP contribution in [0.25, 0.3) is 67.1 Å². The predicted molar refractivity (Wildman–Crippen MR) is 189 cm³/mol. The molecule has 0 amide bonds. The van der Waals surface area contributed by atoms with Crippen LogP contribution in [0.5, 0.6) is 0 Å². The topological polar surface area (TPSA) is 9.86 Å². The second-order valence-electron chi connectivity index (χ2n) is 11.5. The van der Waals surface area contributed by atoms with Crippen molar-refractivity contribution >= 4 is 61.5 Å². The third-order valence-corrected chi connectivity index (χ3v) is 8.84. The SMILES string of the molecule is C=C/C=C(/C(C)C/C=C(\C)C=C)n1c2ccccc2c2cc3c(cc21)c1ccccc1n3-c1cccc2c1C=CCC=C2. The fourth-order valence-electron chi connectivity index (χ4n) is 6.67. The van der Waals surface area contributed by atoms with Crippen LogP contribution in [0.15, 0.2) is 134 Å². The van der Waals surface area contributed by atoms with Gasteiger partial charge in [0.2, 0.25) is 0 Å². The van der Waals surface area contributed by atoms with Crippen LogP contribution in [0, 0.1) is 5.92 Å². The number of para-hydroxylation sites is 2. The Kier molecular flexibility index (Phi) is 6.83. The number of allylic oxidation sites excluding steroid dienone is 8. The van der Waals surface area contributed by atoms with Crippen molar-refractivity contribution in [2.75, 3.05) is 0 Å². The highest BCUT2D eigenvalue weighted by atomic mass is 15.0. The Morgan fingerprint density at radius 2 is 1.49 bits per heavy atom. The van der Waals surface area contributed by atoms with E-state index in [4.69, 9.17) is 0 Å². The molecule has 0 saturated heterocycles. The van der Waals surface area contributed by atoms with Crippen LogP contribution >= 0.6 is 0 Å². The molecule has 6 aromatic rings. The molecule has 0 spiro atoms. The van der Waals surface area contributed by atoms with E-state index in [1.165, 1.54) is 71.7 Å². The maximum absolute atomic E-state index is 4.10. The summed E-state index contributed by atoms with van der Waals surface area (Å²) in [7, 11) is 0. The van der Waals surface area contributed by atoms with Crippen molar-refractivity contribution in [2.24, 2.45) is 5.92 Å². The van der Waals surface area contributed by atoms with Crippen molar-refractivity contribution in [1.82, 2.24) is 9.13 Å². The van der Waals surface area contributed by atoms with E-state index in [1.54, 1.807) is 0 Å². The second-order valence-corrected chi connectivity index (χ2v) is 11.5. The molecule has 43 heavy (non-hydrogen) atoms. The fraction of sp³-hybridized carbons (Fsp3) is 0.122. The van der Waals surface area contributed by atoms with Gasteiger partial charge in [-0.1, -0.05) is 117 Å². The first kappa shape index (κ1) is 26.8. The van der Waals surface area contributed by atoms with E-state index in [0.717, 1.165) is 12.8 Å². The number of fused-ring (bicyclic) bond motifs is 7. The third kappa shape index (κ3) is 4.42. The van der Waals surface area contributed by atoms with Gasteiger partial charge in [0, 0.05) is 38.7 Å². The standard InChI is InChI=1S/C41H36N2/c1-5-15-36(29(4)25-24-28(3)6-2)42-38-21-12-10-19-32(38)34-27-41-35(26-40(34)42)33-20-11-13-22-39(33)43(41)37-23-14-17-30-16-8-7-9-18-31(30)37/h5-6,8-24,26-27,29H,1-2,7,25H2,3-4H3/b28-24+,36-15-. The van der Waals surface area contributed by atoms with Crippen molar-refractivity contribution in [3.05, 3.63) is 145 Å². The fourth-order valence-corrected chi connectivity index (χ4v) is 6.67. The monoisotopic (exact) mass is 556 g/mol. The molecule has 0 fully saturated rings. The summed E-state index contributed by atoms with van der Waals surface area (Å²) in [6.07, 6.45) is 19.2. The number of nitrogens with zero attached hydrogens (tertiary/aromatic N) is 2. The molecule has 0 radical (unpaired) electrons. The second kappa shape index (κ2) is 11.0. The summed E-state index contributed by atoms with van der Waals surface area (Å²) >= 11 is 0. The smallest absolute Gasteiger partial charge is 0.0549 e. The first-order valence-corrected chi connectivity index (χ1v) is 15.2. The zero-order valence-corrected chi connectivity index (χ0v) is 24.9. The van der Waals surface area contributed by atoms with Gasteiger partial charge in [-0.15, -0.1) is 0 Å². The average Bonchev–Trinajstić information content (AvgIpc) is 3.40. The van der Waals surface area contributed by atoms with Gasteiger partial charge in [0.25, 0.3) is 0 Å². The van der Waals surface area contributed by atoms with Crippen LogP contribution in [0.3, 0.4) is 0 Å². The molecule has 1 atom stereocenters. The maximum Gasteiger partial charge on any atom is 0.0549 e. The lowest BCUT2D eigenvalue weighted by Gasteiger charge is -2.19. The highest BCUT2D eigenvalue weighted by molar-refractivity contribution is 6.19. The maximum atomic E-state index is 4.10. The quantitative estimate of drug-likeness (QED) is 0.173. The summed E-state index contributed by atoms with van der Waals surface area (Å²) in [5.41, 5.74) is 11.0. The molecule has 0 bridgehead atoms. The molecule has 2 heteroatoms. The van der Waals surface area contributed by atoms with E-state index >= 15 is 0 Å². The van der Waals surface area contributed by atoms with Gasteiger partial charge in [0.15, 0.2) is 0 Å². The molecule has 0 aliphatic heterocycles. The molecule has 1 aliphatic carbocycles. The zero-order valence-electron chi connectivity index (χ0n) is 24.9. The average molecular weight is 557 g/mol. The lowest BCUT2D eigenvalue weighted by molar-refractivity contribution is 0.730. The van der Waals surface area contributed by atoms with Crippen molar-refractivity contribution < 1.29 is 0 Å². The summed E-state index contributed by atoms with van der Waals surface area (Å²) in [5.74, 6) is 0.281. The molecule has 2 aromatic heterocycles. The Balaban J connectivity index is 1.57. The number of benzene rings is 4. The molecule has 2 heterocycles. The van der Waals surface area contributed by atoms with Crippen LogP contribution in [-0.4, -0.2) is 9.13 Å². The van der Waals surface area contributed by atoms with E-state index in [1.807, 2.05) is 12.2 Å². The molecular formula is C41H36N2. The van der Waals surface area contributed by atoms with Gasteiger partial charge in [-0.25, -0.2) is 0 Å². The summed E-state index contributed by atoms with van der Waals surface area (Å²) < 4.78 is 4.92. The number of aromatic nitrogens is 2. The van der Waals surface area contributed by atoms with Gasteiger partial charge >= 0.3 is 0 Å². The zero-order chi connectivity index (χ0) is 29.5. The Bertz CT molecular complexity index is 2190. The highest BCUT2D eigenvalue weighted by Gasteiger charge is 2.21. The summed E-state index contributed by atoms with van der Waals surface area (Å²) in [6.45, 7) is 12.5. The highest BCUT2D eigenvalue weighted by Crippen LogP contribution is 2.41. The Morgan fingerprint density at radius 3 is 2.28 bits per heavy atom.